The number of hydrogen-bond donors (Lipinski definition) is 1. The lowest BCUT2D eigenvalue weighted by Gasteiger charge is -2.35. The van der Waals surface area contributed by atoms with Gasteiger partial charge in [-0.1, -0.05) is 6.92 Å². The fraction of sp³-hybridized carbons (Fsp3) is 1.00. The largest absolute Gasteiger partial charge is 0.380 e. The summed E-state index contributed by atoms with van der Waals surface area (Å²) < 4.78 is 31.0. The summed E-state index contributed by atoms with van der Waals surface area (Å²) in [7, 11) is -1.48. The van der Waals surface area contributed by atoms with Gasteiger partial charge < -0.3 is 10.5 Å². The average molecular weight is 264 g/mol. The lowest BCUT2D eigenvalue weighted by atomic mass is 9.97. The van der Waals surface area contributed by atoms with Crippen molar-refractivity contribution in [1.82, 2.24) is 4.31 Å². The molecule has 0 aromatic heterocycles. The molecule has 0 saturated carbocycles. The number of hydrogen-bond acceptors (Lipinski definition) is 4. The van der Waals surface area contributed by atoms with Crippen molar-refractivity contribution in [3.8, 4) is 0 Å². The van der Waals surface area contributed by atoms with Crippen LogP contribution >= 0.6 is 0 Å². The van der Waals surface area contributed by atoms with Gasteiger partial charge in [0, 0.05) is 20.2 Å². The highest BCUT2D eigenvalue weighted by atomic mass is 32.2. The van der Waals surface area contributed by atoms with E-state index in [9.17, 15) is 8.42 Å². The third kappa shape index (κ3) is 4.21. The van der Waals surface area contributed by atoms with E-state index in [0.29, 0.717) is 32.0 Å². The maximum absolute atomic E-state index is 12.1. The van der Waals surface area contributed by atoms with Crippen LogP contribution < -0.4 is 5.73 Å². The minimum absolute atomic E-state index is 0.0213. The Morgan fingerprint density at radius 1 is 1.41 bits per heavy atom. The Bertz CT molecular complexity index is 319. The fourth-order valence-electron chi connectivity index (χ4n) is 2.12. The van der Waals surface area contributed by atoms with Gasteiger partial charge in [0.1, 0.15) is 0 Å². The Kier molecular flexibility index (Phi) is 5.85. The van der Waals surface area contributed by atoms with E-state index in [2.05, 4.69) is 6.92 Å². The second-order valence-electron chi connectivity index (χ2n) is 4.71. The monoisotopic (exact) mass is 264 g/mol. The highest BCUT2D eigenvalue weighted by Gasteiger charge is 2.32. The van der Waals surface area contributed by atoms with Gasteiger partial charge in [0.15, 0.2) is 0 Å². The van der Waals surface area contributed by atoms with Crippen LogP contribution in [0.1, 0.15) is 26.2 Å². The Morgan fingerprint density at radius 3 is 2.71 bits per heavy atom. The number of piperidine rings is 1. The number of nitrogens with zero attached hydrogens (tertiary/aromatic N) is 1. The Balaban J connectivity index is 2.54. The third-order valence-corrected chi connectivity index (χ3v) is 5.33. The van der Waals surface area contributed by atoms with Crippen molar-refractivity contribution in [2.24, 2.45) is 11.7 Å². The van der Waals surface area contributed by atoms with Crippen molar-refractivity contribution in [1.29, 1.82) is 0 Å². The van der Waals surface area contributed by atoms with Gasteiger partial charge in [-0.2, -0.15) is 4.31 Å². The van der Waals surface area contributed by atoms with Crippen LogP contribution in [0.5, 0.6) is 0 Å². The Labute approximate surface area is 104 Å². The second kappa shape index (κ2) is 6.68. The molecular weight excluding hydrogens is 240 g/mol. The molecule has 0 aromatic carbocycles. The maximum atomic E-state index is 12.1. The molecule has 0 aromatic rings. The summed E-state index contributed by atoms with van der Waals surface area (Å²) in [6.45, 7) is 3.76. The van der Waals surface area contributed by atoms with E-state index >= 15 is 0 Å². The summed E-state index contributed by atoms with van der Waals surface area (Å²) >= 11 is 0. The highest BCUT2D eigenvalue weighted by Crippen LogP contribution is 2.22. The number of ether oxygens (including phenoxy) is 1. The zero-order valence-corrected chi connectivity index (χ0v) is 11.6. The smallest absolute Gasteiger partial charge is 0.214 e. The predicted octanol–water partition coefficient (Wildman–Crippen LogP) is 0.412. The normalized spacial score (nSPS) is 27.2. The van der Waals surface area contributed by atoms with Gasteiger partial charge in [0.05, 0.1) is 11.9 Å². The highest BCUT2D eigenvalue weighted by molar-refractivity contribution is 7.89. The van der Waals surface area contributed by atoms with E-state index in [-0.39, 0.29) is 11.9 Å². The Morgan fingerprint density at radius 2 is 2.12 bits per heavy atom. The molecule has 17 heavy (non-hydrogen) atoms. The molecule has 1 saturated heterocycles. The summed E-state index contributed by atoms with van der Waals surface area (Å²) in [6.07, 6.45) is 2.29. The first-order valence-electron chi connectivity index (χ1n) is 6.22. The van der Waals surface area contributed by atoms with Gasteiger partial charge in [0.2, 0.25) is 10.0 Å². The van der Waals surface area contributed by atoms with Crippen molar-refractivity contribution in [3.05, 3.63) is 0 Å². The van der Waals surface area contributed by atoms with Crippen molar-refractivity contribution in [3.63, 3.8) is 0 Å². The molecule has 5 nitrogen and oxygen atoms in total. The van der Waals surface area contributed by atoms with Crippen LogP contribution in [0.25, 0.3) is 0 Å². The van der Waals surface area contributed by atoms with E-state index in [1.807, 2.05) is 0 Å². The molecular formula is C11H24N2O3S. The molecule has 6 heteroatoms. The number of methoxy groups -OCH3 is 1. The molecule has 0 aliphatic carbocycles. The molecule has 2 unspecified atom stereocenters. The lowest BCUT2D eigenvalue weighted by Crippen LogP contribution is -2.47. The van der Waals surface area contributed by atoms with Gasteiger partial charge in [-0.25, -0.2) is 8.42 Å². The summed E-state index contributed by atoms with van der Waals surface area (Å²) in [5.74, 6) is 0.630. The molecule has 2 atom stereocenters. The van der Waals surface area contributed by atoms with E-state index < -0.39 is 10.0 Å². The zero-order valence-electron chi connectivity index (χ0n) is 10.8. The molecule has 0 amide bonds. The summed E-state index contributed by atoms with van der Waals surface area (Å²) in [6, 6.07) is 0. The standard InChI is InChI=1S/C11H24N2O3S/c1-10-5-7-13(9-11(10)16-2)17(14,15)8-4-3-6-12/h10-11H,3-9,12H2,1-2H3. The van der Waals surface area contributed by atoms with Gasteiger partial charge in [-0.3, -0.25) is 0 Å². The van der Waals surface area contributed by atoms with Crippen molar-refractivity contribution >= 4 is 10.0 Å². The first kappa shape index (κ1) is 14.9. The number of rotatable bonds is 6. The zero-order chi connectivity index (χ0) is 12.9. The molecule has 1 fully saturated rings. The fourth-order valence-corrected chi connectivity index (χ4v) is 3.71. The van der Waals surface area contributed by atoms with Crippen molar-refractivity contribution in [2.75, 3.05) is 32.5 Å². The van der Waals surface area contributed by atoms with Crippen LogP contribution in [-0.2, 0) is 14.8 Å². The van der Waals surface area contributed by atoms with E-state index in [1.165, 1.54) is 0 Å². The van der Waals surface area contributed by atoms with Crippen LogP contribution in [0.4, 0.5) is 0 Å². The van der Waals surface area contributed by atoms with Crippen LogP contribution in [0.15, 0.2) is 0 Å². The van der Waals surface area contributed by atoms with Crippen molar-refractivity contribution < 1.29 is 13.2 Å². The van der Waals surface area contributed by atoms with Crippen molar-refractivity contribution in [2.45, 2.75) is 32.3 Å². The van der Waals surface area contributed by atoms with Gasteiger partial charge in [0.25, 0.3) is 0 Å². The van der Waals surface area contributed by atoms with Crippen LogP contribution in [0.2, 0.25) is 0 Å². The first-order chi connectivity index (χ1) is 8.01. The van der Waals surface area contributed by atoms with E-state index in [1.54, 1.807) is 11.4 Å². The number of nitrogens with two attached hydrogens (primary N) is 1. The lowest BCUT2D eigenvalue weighted by molar-refractivity contribution is 0.0184. The summed E-state index contributed by atoms with van der Waals surface area (Å²) in [5, 5.41) is 0. The SMILES string of the molecule is COC1CN(S(=O)(=O)CCCCN)CCC1C. The molecule has 1 aliphatic heterocycles. The summed E-state index contributed by atoms with van der Waals surface area (Å²) in [4.78, 5) is 0. The topological polar surface area (TPSA) is 72.6 Å². The molecule has 2 N–H and O–H groups in total. The van der Waals surface area contributed by atoms with Crippen LogP contribution in [0.3, 0.4) is 0 Å². The van der Waals surface area contributed by atoms with Gasteiger partial charge in [-0.15, -0.1) is 0 Å². The minimum Gasteiger partial charge on any atom is -0.380 e. The summed E-state index contributed by atoms with van der Waals surface area (Å²) in [5.41, 5.74) is 5.37. The van der Waals surface area contributed by atoms with Gasteiger partial charge in [-0.05, 0) is 31.7 Å². The number of sulfonamides is 1. The third-order valence-electron chi connectivity index (χ3n) is 3.40. The molecule has 0 bridgehead atoms. The Hall–Kier alpha value is -0.170. The van der Waals surface area contributed by atoms with E-state index in [0.717, 1.165) is 12.8 Å². The predicted molar refractivity (Wildman–Crippen MR) is 68.2 cm³/mol. The number of unbranched alkanes of at least 4 members (excludes halogenated alkanes) is 1. The first-order valence-corrected chi connectivity index (χ1v) is 7.83. The minimum atomic E-state index is -3.12. The second-order valence-corrected chi connectivity index (χ2v) is 6.80. The molecule has 102 valence electrons. The van der Waals surface area contributed by atoms with Crippen LogP contribution in [0, 0.1) is 5.92 Å². The van der Waals surface area contributed by atoms with Gasteiger partial charge >= 0.3 is 0 Å². The molecule has 1 rings (SSSR count). The quantitative estimate of drug-likeness (QED) is 0.705. The molecule has 0 spiro atoms. The van der Waals surface area contributed by atoms with Crippen LogP contribution in [-0.4, -0.2) is 51.3 Å². The molecule has 0 radical (unpaired) electrons. The van der Waals surface area contributed by atoms with E-state index in [4.69, 9.17) is 10.5 Å². The average Bonchev–Trinajstić information content (AvgIpc) is 2.29. The molecule has 1 aliphatic rings. The molecule has 1 heterocycles. The maximum Gasteiger partial charge on any atom is 0.214 e.